The van der Waals surface area contributed by atoms with E-state index in [0.717, 1.165) is 11.1 Å². The molecule has 0 amide bonds. The molecule has 0 aliphatic heterocycles. The molecule has 0 nitrogen and oxygen atoms in total. The van der Waals surface area contributed by atoms with Crippen molar-refractivity contribution in [2.75, 3.05) is 0 Å². The van der Waals surface area contributed by atoms with Crippen molar-refractivity contribution in [1.29, 1.82) is 0 Å². The maximum absolute atomic E-state index is 13.7. The van der Waals surface area contributed by atoms with Crippen molar-refractivity contribution >= 4 is 15.9 Å². The van der Waals surface area contributed by atoms with Crippen LogP contribution in [0.2, 0.25) is 0 Å². The normalized spacial score (nSPS) is 10.3. The van der Waals surface area contributed by atoms with Gasteiger partial charge in [0.2, 0.25) is 0 Å². The van der Waals surface area contributed by atoms with Gasteiger partial charge in [0.15, 0.2) is 0 Å². The Labute approximate surface area is 96.9 Å². The summed E-state index contributed by atoms with van der Waals surface area (Å²) in [5.41, 5.74) is 2.52. The lowest BCUT2D eigenvalue weighted by molar-refractivity contribution is 0.630. The minimum atomic E-state index is -0.168. The van der Waals surface area contributed by atoms with Gasteiger partial charge in [-0.15, -0.1) is 0 Å². The topological polar surface area (TPSA) is 0 Å². The maximum Gasteiger partial charge on any atom is 0.131 e. The molecule has 0 saturated carbocycles. The van der Waals surface area contributed by atoms with Crippen LogP contribution in [0.3, 0.4) is 0 Å². The lowest BCUT2D eigenvalue weighted by Crippen LogP contribution is -1.86. The summed E-state index contributed by atoms with van der Waals surface area (Å²) in [7, 11) is 0. The number of halogens is 2. The average molecular weight is 265 g/mol. The smallest absolute Gasteiger partial charge is 0.131 e. The quantitative estimate of drug-likeness (QED) is 0.706. The van der Waals surface area contributed by atoms with E-state index >= 15 is 0 Å². The standard InChI is InChI=1S/C13H10BrF/c14-9-10-6-7-12(13(15)8-10)11-4-2-1-3-5-11/h1-8H,9H2. The first kappa shape index (κ1) is 10.4. The van der Waals surface area contributed by atoms with Crippen molar-refractivity contribution in [3.8, 4) is 11.1 Å². The highest BCUT2D eigenvalue weighted by atomic mass is 79.9. The van der Waals surface area contributed by atoms with Crippen LogP contribution in [-0.4, -0.2) is 0 Å². The van der Waals surface area contributed by atoms with Gasteiger partial charge in [-0.05, 0) is 17.2 Å². The van der Waals surface area contributed by atoms with Crippen LogP contribution < -0.4 is 0 Å². The molecule has 0 unspecified atom stereocenters. The number of alkyl halides is 1. The second-order valence-electron chi connectivity index (χ2n) is 3.31. The Balaban J connectivity index is 2.46. The molecular weight excluding hydrogens is 255 g/mol. The van der Waals surface area contributed by atoms with E-state index in [9.17, 15) is 4.39 Å². The summed E-state index contributed by atoms with van der Waals surface area (Å²) >= 11 is 3.31. The van der Waals surface area contributed by atoms with Gasteiger partial charge < -0.3 is 0 Å². The second-order valence-corrected chi connectivity index (χ2v) is 3.87. The first-order chi connectivity index (χ1) is 7.31. The third-order valence-corrected chi connectivity index (χ3v) is 2.92. The summed E-state index contributed by atoms with van der Waals surface area (Å²) in [5, 5.41) is 0.680. The van der Waals surface area contributed by atoms with Crippen molar-refractivity contribution < 1.29 is 4.39 Å². The van der Waals surface area contributed by atoms with Crippen LogP contribution in [0.5, 0.6) is 0 Å². The molecule has 0 atom stereocenters. The third kappa shape index (κ3) is 2.26. The largest absolute Gasteiger partial charge is 0.206 e. The van der Waals surface area contributed by atoms with Crippen LogP contribution in [0.4, 0.5) is 4.39 Å². The molecule has 0 spiro atoms. The van der Waals surface area contributed by atoms with Gasteiger partial charge in [0, 0.05) is 10.9 Å². The Kier molecular flexibility index (Phi) is 3.17. The van der Waals surface area contributed by atoms with Crippen molar-refractivity contribution in [2.24, 2.45) is 0 Å². The molecular formula is C13H10BrF. The van der Waals surface area contributed by atoms with E-state index in [4.69, 9.17) is 0 Å². The predicted molar refractivity (Wildman–Crippen MR) is 64.5 cm³/mol. The van der Waals surface area contributed by atoms with Crippen LogP contribution in [0.25, 0.3) is 11.1 Å². The Morgan fingerprint density at radius 1 is 1.00 bits per heavy atom. The summed E-state index contributed by atoms with van der Waals surface area (Å²) in [6.07, 6.45) is 0. The van der Waals surface area contributed by atoms with E-state index in [1.54, 1.807) is 6.07 Å². The van der Waals surface area contributed by atoms with Gasteiger partial charge in [-0.3, -0.25) is 0 Å². The molecule has 0 bridgehead atoms. The SMILES string of the molecule is Fc1cc(CBr)ccc1-c1ccccc1. The summed E-state index contributed by atoms with van der Waals surface area (Å²) in [4.78, 5) is 0. The molecule has 0 fully saturated rings. The van der Waals surface area contributed by atoms with E-state index in [2.05, 4.69) is 15.9 Å². The molecule has 15 heavy (non-hydrogen) atoms. The van der Waals surface area contributed by atoms with Crippen molar-refractivity contribution in [2.45, 2.75) is 5.33 Å². The third-order valence-electron chi connectivity index (χ3n) is 2.27. The lowest BCUT2D eigenvalue weighted by atomic mass is 10.0. The van der Waals surface area contributed by atoms with Crippen LogP contribution in [0.15, 0.2) is 48.5 Å². The highest BCUT2D eigenvalue weighted by Crippen LogP contribution is 2.23. The molecule has 2 aromatic rings. The zero-order valence-electron chi connectivity index (χ0n) is 8.08. The Morgan fingerprint density at radius 3 is 2.33 bits per heavy atom. The highest BCUT2D eigenvalue weighted by molar-refractivity contribution is 9.08. The number of hydrogen-bond acceptors (Lipinski definition) is 0. The fraction of sp³-hybridized carbons (Fsp3) is 0.0769. The minimum absolute atomic E-state index is 0.168. The number of hydrogen-bond donors (Lipinski definition) is 0. The Bertz CT molecular complexity index is 451. The summed E-state index contributed by atoms with van der Waals surface area (Å²) in [6, 6.07) is 14.9. The van der Waals surface area contributed by atoms with E-state index in [1.807, 2.05) is 42.5 Å². The second kappa shape index (κ2) is 4.58. The summed E-state index contributed by atoms with van der Waals surface area (Å²) in [6.45, 7) is 0. The van der Waals surface area contributed by atoms with Gasteiger partial charge in [0.1, 0.15) is 5.82 Å². The average Bonchev–Trinajstić information content (AvgIpc) is 2.30. The fourth-order valence-corrected chi connectivity index (χ4v) is 1.84. The van der Waals surface area contributed by atoms with Gasteiger partial charge >= 0.3 is 0 Å². The van der Waals surface area contributed by atoms with E-state index in [0.29, 0.717) is 10.9 Å². The zero-order valence-corrected chi connectivity index (χ0v) is 9.67. The van der Waals surface area contributed by atoms with E-state index in [1.165, 1.54) is 0 Å². The first-order valence-electron chi connectivity index (χ1n) is 4.71. The van der Waals surface area contributed by atoms with Gasteiger partial charge in [-0.1, -0.05) is 58.4 Å². The van der Waals surface area contributed by atoms with Crippen molar-refractivity contribution in [3.63, 3.8) is 0 Å². The molecule has 0 N–H and O–H groups in total. The van der Waals surface area contributed by atoms with Crippen LogP contribution in [0, 0.1) is 5.82 Å². The van der Waals surface area contributed by atoms with Crippen LogP contribution in [-0.2, 0) is 5.33 Å². The van der Waals surface area contributed by atoms with Crippen LogP contribution >= 0.6 is 15.9 Å². The molecule has 0 radical (unpaired) electrons. The molecule has 2 heteroatoms. The lowest BCUT2D eigenvalue weighted by Gasteiger charge is -2.04. The summed E-state index contributed by atoms with van der Waals surface area (Å²) < 4.78 is 13.7. The number of benzene rings is 2. The monoisotopic (exact) mass is 264 g/mol. The van der Waals surface area contributed by atoms with Gasteiger partial charge in [-0.25, -0.2) is 4.39 Å². The Morgan fingerprint density at radius 2 is 1.73 bits per heavy atom. The molecule has 0 saturated heterocycles. The number of rotatable bonds is 2. The van der Waals surface area contributed by atoms with Crippen LogP contribution in [0.1, 0.15) is 5.56 Å². The van der Waals surface area contributed by atoms with Crippen molar-refractivity contribution in [3.05, 3.63) is 59.9 Å². The first-order valence-corrected chi connectivity index (χ1v) is 5.83. The van der Waals surface area contributed by atoms with Gasteiger partial charge in [0.05, 0.1) is 0 Å². The van der Waals surface area contributed by atoms with Gasteiger partial charge in [0.25, 0.3) is 0 Å². The van der Waals surface area contributed by atoms with E-state index < -0.39 is 0 Å². The summed E-state index contributed by atoms with van der Waals surface area (Å²) in [5.74, 6) is -0.168. The fourth-order valence-electron chi connectivity index (χ4n) is 1.49. The van der Waals surface area contributed by atoms with Gasteiger partial charge in [-0.2, -0.15) is 0 Å². The molecule has 2 aromatic carbocycles. The van der Waals surface area contributed by atoms with Crippen molar-refractivity contribution in [1.82, 2.24) is 0 Å². The van der Waals surface area contributed by atoms with E-state index in [-0.39, 0.29) is 5.82 Å². The zero-order chi connectivity index (χ0) is 10.7. The minimum Gasteiger partial charge on any atom is -0.206 e. The molecule has 76 valence electrons. The molecule has 0 aliphatic carbocycles. The molecule has 0 aromatic heterocycles. The molecule has 2 rings (SSSR count). The maximum atomic E-state index is 13.7. The predicted octanol–water partition coefficient (Wildman–Crippen LogP) is 4.39. The Hall–Kier alpha value is -1.15. The molecule has 0 heterocycles. The highest BCUT2D eigenvalue weighted by Gasteiger charge is 2.04. The molecule has 0 aliphatic rings.